The SMILES string of the molecule is O=C1c2ccccc2NC(C2CCOC2)N1c1ccc(F)cc1. The van der Waals surface area contributed by atoms with Crippen LogP contribution in [0.1, 0.15) is 16.8 Å². The Morgan fingerprint density at radius 1 is 1.13 bits per heavy atom. The second-order valence-corrected chi connectivity index (χ2v) is 5.91. The van der Waals surface area contributed by atoms with Gasteiger partial charge in [0.25, 0.3) is 5.91 Å². The molecular formula is C18H17FN2O2. The summed E-state index contributed by atoms with van der Waals surface area (Å²) in [6, 6.07) is 13.5. The molecule has 5 heteroatoms. The van der Waals surface area contributed by atoms with Crippen LogP contribution >= 0.6 is 0 Å². The van der Waals surface area contributed by atoms with Crippen molar-refractivity contribution in [3.8, 4) is 0 Å². The van der Waals surface area contributed by atoms with Crippen molar-refractivity contribution in [2.75, 3.05) is 23.4 Å². The van der Waals surface area contributed by atoms with Gasteiger partial charge in [-0.15, -0.1) is 0 Å². The number of halogens is 1. The Morgan fingerprint density at radius 2 is 1.91 bits per heavy atom. The monoisotopic (exact) mass is 312 g/mol. The molecule has 4 rings (SSSR count). The van der Waals surface area contributed by atoms with Crippen LogP contribution < -0.4 is 10.2 Å². The van der Waals surface area contributed by atoms with E-state index in [0.717, 1.165) is 12.1 Å². The lowest BCUT2D eigenvalue weighted by atomic mass is 9.98. The summed E-state index contributed by atoms with van der Waals surface area (Å²) in [6.45, 7) is 1.32. The lowest BCUT2D eigenvalue weighted by molar-refractivity contribution is 0.0963. The highest BCUT2D eigenvalue weighted by Gasteiger charge is 2.38. The Hall–Kier alpha value is -2.40. The molecule has 2 aliphatic rings. The van der Waals surface area contributed by atoms with Crippen molar-refractivity contribution >= 4 is 17.3 Å². The zero-order valence-electron chi connectivity index (χ0n) is 12.5. The van der Waals surface area contributed by atoms with E-state index < -0.39 is 0 Å². The maximum Gasteiger partial charge on any atom is 0.262 e. The Bertz CT molecular complexity index is 726. The average molecular weight is 312 g/mol. The van der Waals surface area contributed by atoms with E-state index in [2.05, 4.69) is 5.32 Å². The van der Waals surface area contributed by atoms with E-state index in [1.165, 1.54) is 12.1 Å². The van der Waals surface area contributed by atoms with Gasteiger partial charge in [0.15, 0.2) is 0 Å². The molecule has 0 bridgehead atoms. The first-order chi connectivity index (χ1) is 11.2. The van der Waals surface area contributed by atoms with Gasteiger partial charge in [0.1, 0.15) is 12.0 Å². The van der Waals surface area contributed by atoms with E-state index in [1.54, 1.807) is 17.0 Å². The number of amides is 1. The van der Waals surface area contributed by atoms with Gasteiger partial charge in [0.2, 0.25) is 0 Å². The van der Waals surface area contributed by atoms with E-state index >= 15 is 0 Å². The molecule has 0 aliphatic carbocycles. The third-order valence-electron chi connectivity index (χ3n) is 4.47. The molecule has 0 spiro atoms. The number of anilines is 2. The number of carbonyl (C=O) groups excluding carboxylic acids is 1. The maximum atomic E-state index is 13.2. The number of rotatable bonds is 2. The molecule has 118 valence electrons. The van der Waals surface area contributed by atoms with E-state index in [0.29, 0.717) is 24.5 Å². The Balaban J connectivity index is 1.78. The van der Waals surface area contributed by atoms with Gasteiger partial charge < -0.3 is 10.1 Å². The lowest BCUT2D eigenvalue weighted by Crippen LogP contribution is -2.53. The number of hydrogen-bond acceptors (Lipinski definition) is 3. The molecule has 2 aromatic carbocycles. The smallest absolute Gasteiger partial charge is 0.262 e. The van der Waals surface area contributed by atoms with Crippen molar-refractivity contribution in [3.63, 3.8) is 0 Å². The average Bonchev–Trinajstić information content (AvgIpc) is 3.10. The first kappa shape index (κ1) is 14.2. The minimum atomic E-state index is -0.313. The number of para-hydroxylation sites is 1. The fraction of sp³-hybridized carbons (Fsp3) is 0.278. The van der Waals surface area contributed by atoms with Gasteiger partial charge in [-0.3, -0.25) is 9.69 Å². The highest BCUT2D eigenvalue weighted by molar-refractivity contribution is 6.12. The van der Waals surface area contributed by atoms with Crippen molar-refractivity contribution < 1.29 is 13.9 Å². The number of hydrogen-bond donors (Lipinski definition) is 1. The van der Waals surface area contributed by atoms with Gasteiger partial charge >= 0.3 is 0 Å². The van der Waals surface area contributed by atoms with Crippen LogP contribution in [0.15, 0.2) is 48.5 Å². The second kappa shape index (κ2) is 5.66. The molecule has 2 aliphatic heterocycles. The fourth-order valence-corrected chi connectivity index (χ4v) is 3.29. The third kappa shape index (κ3) is 2.47. The first-order valence-electron chi connectivity index (χ1n) is 7.76. The van der Waals surface area contributed by atoms with Crippen LogP contribution in [0.4, 0.5) is 15.8 Å². The number of benzene rings is 2. The predicted molar refractivity (Wildman–Crippen MR) is 86.0 cm³/mol. The normalized spacial score (nSPS) is 23.5. The summed E-state index contributed by atoms with van der Waals surface area (Å²) in [7, 11) is 0. The zero-order valence-corrected chi connectivity index (χ0v) is 12.5. The van der Waals surface area contributed by atoms with Gasteiger partial charge in [0.05, 0.1) is 12.2 Å². The summed E-state index contributed by atoms with van der Waals surface area (Å²) < 4.78 is 18.7. The third-order valence-corrected chi connectivity index (χ3v) is 4.47. The van der Waals surface area contributed by atoms with E-state index in [-0.39, 0.29) is 23.8 Å². The van der Waals surface area contributed by atoms with E-state index in [4.69, 9.17) is 4.74 Å². The molecule has 2 unspecified atom stereocenters. The van der Waals surface area contributed by atoms with Gasteiger partial charge in [-0.25, -0.2) is 4.39 Å². The molecule has 0 radical (unpaired) electrons. The van der Waals surface area contributed by atoms with E-state index in [1.807, 2.05) is 24.3 Å². The molecule has 23 heavy (non-hydrogen) atoms. The van der Waals surface area contributed by atoms with Crippen LogP contribution in [-0.4, -0.2) is 25.3 Å². The minimum Gasteiger partial charge on any atom is -0.381 e. The van der Waals surface area contributed by atoms with E-state index in [9.17, 15) is 9.18 Å². The minimum absolute atomic E-state index is 0.0668. The molecule has 1 saturated heterocycles. The molecule has 0 aromatic heterocycles. The summed E-state index contributed by atoms with van der Waals surface area (Å²) in [5, 5.41) is 3.46. The van der Waals surface area contributed by atoms with Crippen molar-refractivity contribution in [2.45, 2.75) is 12.6 Å². The zero-order chi connectivity index (χ0) is 15.8. The summed E-state index contributed by atoms with van der Waals surface area (Å²) in [5.74, 6) is -0.174. The summed E-state index contributed by atoms with van der Waals surface area (Å²) in [5.41, 5.74) is 2.16. The lowest BCUT2D eigenvalue weighted by Gasteiger charge is -2.40. The molecule has 2 heterocycles. The summed E-state index contributed by atoms with van der Waals surface area (Å²) >= 11 is 0. The van der Waals surface area contributed by atoms with Crippen LogP contribution in [0.25, 0.3) is 0 Å². The number of nitrogens with zero attached hydrogens (tertiary/aromatic N) is 1. The van der Waals surface area contributed by atoms with Gasteiger partial charge in [-0.2, -0.15) is 0 Å². The number of ether oxygens (including phenoxy) is 1. The van der Waals surface area contributed by atoms with Crippen molar-refractivity contribution in [1.29, 1.82) is 0 Å². The van der Waals surface area contributed by atoms with Crippen molar-refractivity contribution in [1.82, 2.24) is 0 Å². The number of fused-ring (bicyclic) bond motifs is 1. The molecule has 0 saturated carbocycles. The van der Waals surface area contributed by atoms with Crippen molar-refractivity contribution in [2.24, 2.45) is 5.92 Å². The molecule has 2 atom stereocenters. The number of nitrogens with one attached hydrogen (secondary N) is 1. The Labute approximate surface area is 133 Å². The second-order valence-electron chi connectivity index (χ2n) is 5.91. The van der Waals surface area contributed by atoms with Crippen molar-refractivity contribution in [3.05, 3.63) is 59.9 Å². The summed E-state index contributed by atoms with van der Waals surface area (Å²) in [6.07, 6.45) is 0.704. The molecule has 1 N–H and O–H groups in total. The molecule has 2 aromatic rings. The van der Waals surface area contributed by atoms with Crippen LogP contribution in [0.5, 0.6) is 0 Å². The van der Waals surface area contributed by atoms with Crippen LogP contribution in [0.2, 0.25) is 0 Å². The van der Waals surface area contributed by atoms with Crippen LogP contribution in [0, 0.1) is 11.7 Å². The summed E-state index contributed by atoms with van der Waals surface area (Å²) in [4.78, 5) is 14.7. The topological polar surface area (TPSA) is 41.6 Å². The van der Waals surface area contributed by atoms with Gasteiger partial charge in [-0.05, 0) is 42.8 Å². The Morgan fingerprint density at radius 3 is 2.65 bits per heavy atom. The molecule has 1 fully saturated rings. The van der Waals surface area contributed by atoms with Gasteiger partial charge in [-0.1, -0.05) is 12.1 Å². The largest absolute Gasteiger partial charge is 0.381 e. The van der Waals surface area contributed by atoms with Crippen LogP contribution in [0.3, 0.4) is 0 Å². The molecule has 4 nitrogen and oxygen atoms in total. The fourth-order valence-electron chi connectivity index (χ4n) is 3.29. The number of carbonyl (C=O) groups is 1. The molecule has 1 amide bonds. The highest BCUT2D eigenvalue weighted by atomic mass is 19.1. The maximum absolute atomic E-state index is 13.2. The Kier molecular flexibility index (Phi) is 3.50. The van der Waals surface area contributed by atoms with Gasteiger partial charge in [0, 0.05) is 23.9 Å². The highest BCUT2D eigenvalue weighted by Crippen LogP contribution is 2.34. The quantitative estimate of drug-likeness (QED) is 0.925. The predicted octanol–water partition coefficient (Wildman–Crippen LogP) is 3.26. The molecular weight excluding hydrogens is 295 g/mol. The van der Waals surface area contributed by atoms with Crippen LogP contribution in [-0.2, 0) is 4.74 Å². The first-order valence-corrected chi connectivity index (χ1v) is 7.76. The standard InChI is InChI=1S/C18H17FN2O2/c19-13-5-7-14(8-6-13)21-17(12-9-10-23-11-12)20-16-4-2-1-3-15(16)18(21)22/h1-8,12,17,20H,9-11H2.